The zero-order valence-corrected chi connectivity index (χ0v) is 13.8. The smallest absolute Gasteiger partial charge is 0.248 e. The summed E-state index contributed by atoms with van der Waals surface area (Å²) in [6.45, 7) is 1.87. The number of carbonyl (C=O) groups is 2. The third kappa shape index (κ3) is 4.67. The SMILES string of the molecule is CC1=CC(=O)NC2=CC(=NC(=O)CCSS(C)(=O)=O)C=CC12. The summed E-state index contributed by atoms with van der Waals surface area (Å²) in [6, 6.07) is 0. The van der Waals surface area contributed by atoms with Crippen molar-refractivity contribution >= 4 is 37.2 Å². The van der Waals surface area contributed by atoms with Gasteiger partial charge in [0, 0.05) is 36.1 Å². The van der Waals surface area contributed by atoms with Crippen LogP contribution < -0.4 is 5.32 Å². The van der Waals surface area contributed by atoms with Crippen molar-refractivity contribution in [2.24, 2.45) is 10.9 Å². The van der Waals surface area contributed by atoms with E-state index in [1.54, 1.807) is 18.2 Å². The van der Waals surface area contributed by atoms with Crippen molar-refractivity contribution in [3.8, 4) is 0 Å². The lowest BCUT2D eigenvalue weighted by atomic mass is 9.89. The van der Waals surface area contributed by atoms with Gasteiger partial charge >= 0.3 is 0 Å². The highest BCUT2D eigenvalue weighted by molar-refractivity contribution is 8.71. The van der Waals surface area contributed by atoms with Gasteiger partial charge in [-0.25, -0.2) is 13.4 Å². The van der Waals surface area contributed by atoms with Gasteiger partial charge in [0.2, 0.25) is 11.8 Å². The van der Waals surface area contributed by atoms with Crippen molar-refractivity contribution in [1.29, 1.82) is 0 Å². The molecule has 1 heterocycles. The van der Waals surface area contributed by atoms with E-state index in [0.717, 1.165) is 22.6 Å². The molecule has 0 aromatic carbocycles. The molecule has 0 saturated carbocycles. The Morgan fingerprint density at radius 2 is 2.14 bits per heavy atom. The van der Waals surface area contributed by atoms with Crippen molar-refractivity contribution in [3.05, 3.63) is 35.6 Å². The number of amides is 2. The van der Waals surface area contributed by atoms with E-state index in [0.29, 0.717) is 11.4 Å². The molecule has 0 fully saturated rings. The average Bonchev–Trinajstić information content (AvgIpc) is 2.36. The molecule has 2 rings (SSSR count). The topological polar surface area (TPSA) is 92.7 Å². The Morgan fingerprint density at radius 1 is 1.41 bits per heavy atom. The Morgan fingerprint density at radius 3 is 2.82 bits per heavy atom. The standard InChI is InChI=1S/C14H16N2O4S2/c1-9-7-14(18)16-12-8-10(3-4-11(9)12)15-13(17)5-6-21-22(2,19)20/h3-4,7-8,11H,5-6H2,1-2H3,(H,16,18). The van der Waals surface area contributed by atoms with Gasteiger partial charge in [-0.1, -0.05) is 11.6 Å². The summed E-state index contributed by atoms with van der Waals surface area (Å²) in [7, 11) is -2.42. The zero-order valence-electron chi connectivity index (χ0n) is 12.2. The minimum Gasteiger partial charge on any atom is -0.325 e. The van der Waals surface area contributed by atoms with Crippen LogP contribution in [0.15, 0.2) is 40.6 Å². The van der Waals surface area contributed by atoms with Crippen molar-refractivity contribution in [3.63, 3.8) is 0 Å². The number of hydrogen-bond acceptors (Lipinski definition) is 5. The Bertz CT molecular complexity index is 730. The molecule has 1 unspecified atom stereocenters. The van der Waals surface area contributed by atoms with Crippen LogP contribution in [-0.4, -0.2) is 38.0 Å². The number of nitrogens with zero attached hydrogens (tertiary/aromatic N) is 1. The van der Waals surface area contributed by atoms with Crippen molar-refractivity contribution in [1.82, 2.24) is 5.32 Å². The van der Waals surface area contributed by atoms with Gasteiger partial charge in [-0.2, -0.15) is 0 Å². The molecular formula is C14H16N2O4S2. The summed E-state index contributed by atoms with van der Waals surface area (Å²) in [5.74, 6) is -0.394. The number of fused-ring (bicyclic) bond motifs is 1. The minimum atomic E-state index is -3.14. The van der Waals surface area contributed by atoms with E-state index < -0.39 is 8.87 Å². The fourth-order valence-electron chi connectivity index (χ4n) is 2.13. The van der Waals surface area contributed by atoms with E-state index in [9.17, 15) is 18.0 Å². The highest BCUT2D eigenvalue weighted by Gasteiger charge is 2.23. The molecule has 0 radical (unpaired) electrons. The number of hydrogen-bond donors (Lipinski definition) is 1. The quantitative estimate of drug-likeness (QED) is 0.776. The first-order chi connectivity index (χ1) is 10.2. The van der Waals surface area contributed by atoms with Gasteiger partial charge in [-0.3, -0.25) is 9.59 Å². The summed E-state index contributed by atoms with van der Waals surface area (Å²) in [5, 5.41) is 2.73. The number of allylic oxidation sites excluding steroid dienone is 3. The lowest BCUT2D eigenvalue weighted by Crippen LogP contribution is -2.32. The van der Waals surface area contributed by atoms with E-state index in [-0.39, 0.29) is 29.9 Å². The second-order valence-corrected chi connectivity index (χ2v) is 9.60. The van der Waals surface area contributed by atoms with Gasteiger partial charge < -0.3 is 5.32 Å². The van der Waals surface area contributed by atoms with Crippen LogP contribution in [0.3, 0.4) is 0 Å². The highest BCUT2D eigenvalue weighted by Crippen LogP contribution is 2.26. The molecule has 0 spiro atoms. The highest BCUT2D eigenvalue weighted by atomic mass is 33.1. The second kappa shape index (κ2) is 6.62. The maximum Gasteiger partial charge on any atom is 0.248 e. The van der Waals surface area contributed by atoms with E-state index in [4.69, 9.17) is 0 Å². The van der Waals surface area contributed by atoms with Crippen molar-refractivity contribution < 1.29 is 18.0 Å². The molecule has 8 heteroatoms. The number of carbonyl (C=O) groups excluding carboxylic acids is 2. The lowest BCUT2D eigenvalue weighted by Gasteiger charge is -2.25. The number of aliphatic imine (C=N–C) groups is 1. The van der Waals surface area contributed by atoms with Crippen LogP contribution in [0.2, 0.25) is 0 Å². The number of nitrogens with one attached hydrogen (secondary N) is 1. The molecular weight excluding hydrogens is 324 g/mol. The van der Waals surface area contributed by atoms with E-state index >= 15 is 0 Å². The predicted molar refractivity (Wildman–Crippen MR) is 87.0 cm³/mol. The first-order valence-corrected chi connectivity index (χ1v) is 9.99. The summed E-state index contributed by atoms with van der Waals surface area (Å²) in [5.41, 5.74) is 2.08. The molecule has 1 atom stereocenters. The maximum atomic E-state index is 11.7. The first kappa shape index (κ1) is 16.7. The molecule has 6 nitrogen and oxygen atoms in total. The second-order valence-electron chi connectivity index (χ2n) is 5.02. The van der Waals surface area contributed by atoms with Crippen LogP contribution >= 0.6 is 10.8 Å². The van der Waals surface area contributed by atoms with Crippen molar-refractivity contribution in [2.75, 3.05) is 12.0 Å². The van der Waals surface area contributed by atoms with E-state index in [2.05, 4.69) is 10.3 Å². The molecule has 0 aromatic heterocycles. The van der Waals surface area contributed by atoms with Gasteiger partial charge in [-0.05, 0) is 29.9 Å². The Kier molecular flexibility index (Phi) is 5.02. The first-order valence-electron chi connectivity index (χ1n) is 6.59. The Hall–Kier alpha value is -1.67. The van der Waals surface area contributed by atoms with Gasteiger partial charge in [0.25, 0.3) is 0 Å². The summed E-state index contributed by atoms with van der Waals surface area (Å²) < 4.78 is 21.9. The third-order valence-electron chi connectivity index (χ3n) is 3.08. The maximum absolute atomic E-state index is 11.7. The van der Waals surface area contributed by atoms with Crippen molar-refractivity contribution in [2.45, 2.75) is 13.3 Å². The fourth-order valence-corrected chi connectivity index (χ4v) is 3.85. The van der Waals surface area contributed by atoms with Gasteiger partial charge in [0.05, 0.1) is 5.71 Å². The van der Waals surface area contributed by atoms with Gasteiger partial charge in [0.15, 0.2) is 8.87 Å². The minimum absolute atomic E-state index is 0.00698. The Labute approximate surface area is 132 Å². The van der Waals surface area contributed by atoms with Crippen LogP contribution in [0.1, 0.15) is 13.3 Å². The molecule has 1 N–H and O–H groups in total. The summed E-state index contributed by atoms with van der Waals surface area (Å²) in [6.07, 6.45) is 7.96. The normalized spacial score (nSPS) is 22.7. The molecule has 1 aliphatic heterocycles. The predicted octanol–water partition coefficient (Wildman–Crippen LogP) is 1.18. The molecule has 22 heavy (non-hydrogen) atoms. The van der Waals surface area contributed by atoms with Gasteiger partial charge in [0.1, 0.15) is 0 Å². The molecule has 118 valence electrons. The molecule has 2 aliphatic rings. The Balaban J connectivity index is 2.02. The molecule has 0 saturated heterocycles. The van der Waals surface area contributed by atoms with Crippen LogP contribution in [0.4, 0.5) is 0 Å². The number of rotatable bonds is 4. The van der Waals surface area contributed by atoms with E-state index in [1.165, 1.54) is 0 Å². The fraction of sp³-hybridized carbons (Fsp3) is 0.357. The lowest BCUT2D eigenvalue weighted by molar-refractivity contribution is -0.117. The largest absolute Gasteiger partial charge is 0.325 e. The summed E-state index contributed by atoms with van der Waals surface area (Å²) >= 11 is 0. The van der Waals surface area contributed by atoms with E-state index in [1.807, 2.05) is 13.0 Å². The molecule has 0 bridgehead atoms. The van der Waals surface area contributed by atoms with Crippen LogP contribution in [0.25, 0.3) is 0 Å². The van der Waals surface area contributed by atoms with Crippen LogP contribution in [0.5, 0.6) is 0 Å². The average molecular weight is 340 g/mol. The van der Waals surface area contributed by atoms with Gasteiger partial charge in [-0.15, -0.1) is 0 Å². The zero-order chi connectivity index (χ0) is 16.3. The molecule has 0 aromatic rings. The molecule has 1 aliphatic carbocycles. The monoisotopic (exact) mass is 340 g/mol. The third-order valence-corrected chi connectivity index (χ3v) is 5.67. The summed E-state index contributed by atoms with van der Waals surface area (Å²) in [4.78, 5) is 27.1. The van der Waals surface area contributed by atoms with Crippen LogP contribution in [0, 0.1) is 5.92 Å². The molecule has 2 amide bonds. The van der Waals surface area contributed by atoms with Crippen LogP contribution in [-0.2, 0) is 18.5 Å².